The zero-order valence-electron chi connectivity index (χ0n) is 9.45. The van der Waals surface area contributed by atoms with Crippen LogP contribution in [-0.4, -0.2) is 17.7 Å². The Labute approximate surface area is 90.6 Å². The minimum Gasteiger partial charge on any atom is -0.346 e. The summed E-state index contributed by atoms with van der Waals surface area (Å²) in [4.78, 5) is 23.1. The summed E-state index contributed by atoms with van der Waals surface area (Å²) in [7, 11) is 0. The SMILES string of the molecule is CCC(=O)C(C)NC(=O)C1C2CCCC21. The number of ketones is 1. The molecule has 0 aromatic carbocycles. The molecule has 15 heavy (non-hydrogen) atoms. The maximum atomic E-state index is 11.8. The Morgan fingerprint density at radius 3 is 2.47 bits per heavy atom. The summed E-state index contributed by atoms with van der Waals surface area (Å²) >= 11 is 0. The van der Waals surface area contributed by atoms with E-state index in [0.29, 0.717) is 18.3 Å². The molecular formula is C12H19NO2. The van der Waals surface area contributed by atoms with Gasteiger partial charge in [-0.05, 0) is 31.6 Å². The van der Waals surface area contributed by atoms with E-state index in [4.69, 9.17) is 0 Å². The molecule has 0 spiro atoms. The first-order chi connectivity index (χ1) is 7.15. The van der Waals surface area contributed by atoms with Crippen LogP contribution in [0.4, 0.5) is 0 Å². The molecule has 0 aromatic heterocycles. The molecule has 1 amide bonds. The van der Waals surface area contributed by atoms with Crippen molar-refractivity contribution in [3.05, 3.63) is 0 Å². The van der Waals surface area contributed by atoms with E-state index in [9.17, 15) is 9.59 Å². The highest BCUT2D eigenvalue weighted by atomic mass is 16.2. The lowest BCUT2D eigenvalue weighted by molar-refractivity contribution is -0.128. The summed E-state index contributed by atoms with van der Waals surface area (Å²) in [6.07, 6.45) is 4.19. The van der Waals surface area contributed by atoms with Gasteiger partial charge in [0.15, 0.2) is 5.78 Å². The van der Waals surface area contributed by atoms with Crippen molar-refractivity contribution in [1.82, 2.24) is 5.32 Å². The summed E-state index contributed by atoms with van der Waals surface area (Å²) in [5.74, 6) is 1.72. The number of carbonyl (C=O) groups excluding carboxylic acids is 2. The smallest absolute Gasteiger partial charge is 0.224 e. The average molecular weight is 209 g/mol. The fourth-order valence-corrected chi connectivity index (χ4v) is 2.91. The van der Waals surface area contributed by atoms with Gasteiger partial charge in [0.2, 0.25) is 5.91 Å². The Morgan fingerprint density at radius 2 is 1.93 bits per heavy atom. The zero-order chi connectivity index (χ0) is 11.0. The molecule has 0 radical (unpaired) electrons. The summed E-state index contributed by atoms with van der Waals surface area (Å²) in [5, 5.41) is 2.83. The van der Waals surface area contributed by atoms with Crippen LogP contribution < -0.4 is 5.32 Å². The molecule has 3 heteroatoms. The fourth-order valence-electron chi connectivity index (χ4n) is 2.91. The van der Waals surface area contributed by atoms with E-state index in [1.165, 1.54) is 19.3 Å². The van der Waals surface area contributed by atoms with Crippen LogP contribution >= 0.6 is 0 Å². The van der Waals surface area contributed by atoms with E-state index in [-0.39, 0.29) is 23.7 Å². The Bertz CT molecular complexity index is 277. The molecule has 2 fully saturated rings. The third-order valence-electron chi connectivity index (χ3n) is 3.90. The lowest BCUT2D eigenvalue weighted by Gasteiger charge is -2.12. The van der Waals surface area contributed by atoms with Crippen LogP contribution in [0.2, 0.25) is 0 Å². The molecule has 2 aliphatic rings. The first-order valence-corrected chi connectivity index (χ1v) is 5.98. The molecule has 3 nitrogen and oxygen atoms in total. The van der Waals surface area contributed by atoms with E-state index in [0.717, 1.165) is 0 Å². The van der Waals surface area contributed by atoms with Gasteiger partial charge in [0, 0.05) is 12.3 Å². The molecule has 1 N–H and O–H groups in total. The quantitative estimate of drug-likeness (QED) is 0.763. The molecule has 3 unspecified atom stereocenters. The van der Waals surface area contributed by atoms with E-state index >= 15 is 0 Å². The second-order valence-electron chi connectivity index (χ2n) is 4.83. The molecule has 0 aliphatic heterocycles. The minimum absolute atomic E-state index is 0.110. The van der Waals surface area contributed by atoms with Crippen LogP contribution in [0.1, 0.15) is 39.5 Å². The number of nitrogens with one attached hydrogen (secondary N) is 1. The summed E-state index contributed by atoms with van der Waals surface area (Å²) in [6, 6.07) is -0.302. The van der Waals surface area contributed by atoms with Crippen molar-refractivity contribution in [1.29, 1.82) is 0 Å². The first-order valence-electron chi connectivity index (χ1n) is 5.98. The van der Waals surface area contributed by atoms with Crippen molar-refractivity contribution in [2.24, 2.45) is 17.8 Å². The molecule has 2 aliphatic carbocycles. The van der Waals surface area contributed by atoms with Gasteiger partial charge < -0.3 is 5.32 Å². The Balaban J connectivity index is 1.81. The van der Waals surface area contributed by atoms with Crippen molar-refractivity contribution in [3.63, 3.8) is 0 Å². The van der Waals surface area contributed by atoms with Gasteiger partial charge in [0.05, 0.1) is 6.04 Å². The van der Waals surface area contributed by atoms with Crippen LogP contribution in [0.5, 0.6) is 0 Å². The van der Waals surface area contributed by atoms with Gasteiger partial charge in [-0.3, -0.25) is 9.59 Å². The molecule has 0 heterocycles. The number of rotatable bonds is 4. The number of fused-ring (bicyclic) bond motifs is 1. The first kappa shape index (κ1) is 10.7. The maximum Gasteiger partial charge on any atom is 0.224 e. The van der Waals surface area contributed by atoms with Gasteiger partial charge in [-0.2, -0.15) is 0 Å². The fraction of sp³-hybridized carbons (Fsp3) is 0.833. The molecule has 2 rings (SSSR count). The normalized spacial score (nSPS) is 34.4. The monoisotopic (exact) mass is 209 g/mol. The van der Waals surface area contributed by atoms with Crippen LogP contribution in [0.25, 0.3) is 0 Å². The predicted octanol–water partition coefficient (Wildman–Crippen LogP) is 1.52. The Hall–Kier alpha value is -0.860. The number of Topliss-reactive ketones (excluding diaryl/α,β-unsaturated/α-hetero) is 1. The Kier molecular flexibility index (Phi) is 2.81. The van der Waals surface area contributed by atoms with E-state index in [1.807, 2.05) is 6.92 Å². The lowest BCUT2D eigenvalue weighted by Crippen LogP contribution is -2.39. The van der Waals surface area contributed by atoms with E-state index < -0.39 is 0 Å². The van der Waals surface area contributed by atoms with E-state index in [1.54, 1.807) is 6.92 Å². The van der Waals surface area contributed by atoms with Crippen molar-refractivity contribution < 1.29 is 9.59 Å². The summed E-state index contributed by atoms with van der Waals surface area (Å²) in [5.41, 5.74) is 0. The third-order valence-corrected chi connectivity index (χ3v) is 3.90. The summed E-state index contributed by atoms with van der Waals surface area (Å²) < 4.78 is 0. The Morgan fingerprint density at radius 1 is 1.33 bits per heavy atom. The largest absolute Gasteiger partial charge is 0.346 e. The number of carbonyl (C=O) groups is 2. The maximum absolute atomic E-state index is 11.8. The average Bonchev–Trinajstić information content (AvgIpc) is 2.72. The molecule has 3 atom stereocenters. The highest BCUT2D eigenvalue weighted by Crippen LogP contribution is 2.57. The van der Waals surface area contributed by atoms with Crippen LogP contribution in [0.3, 0.4) is 0 Å². The second kappa shape index (κ2) is 3.95. The topological polar surface area (TPSA) is 46.2 Å². The van der Waals surface area contributed by atoms with E-state index in [2.05, 4.69) is 5.32 Å². The van der Waals surface area contributed by atoms with Gasteiger partial charge in [0.1, 0.15) is 0 Å². The van der Waals surface area contributed by atoms with Crippen LogP contribution in [0.15, 0.2) is 0 Å². The van der Waals surface area contributed by atoms with Crippen molar-refractivity contribution in [2.75, 3.05) is 0 Å². The van der Waals surface area contributed by atoms with Crippen LogP contribution in [0, 0.1) is 17.8 Å². The van der Waals surface area contributed by atoms with Crippen molar-refractivity contribution in [3.8, 4) is 0 Å². The highest BCUT2D eigenvalue weighted by Gasteiger charge is 2.56. The standard InChI is InChI=1S/C12H19NO2/c1-3-10(14)7(2)13-12(15)11-8-5-4-6-9(8)11/h7-9,11H,3-6H2,1-2H3,(H,13,15). The van der Waals surface area contributed by atoms with Crippen molar-refractivity contribution in [2.45, 2.75) is 45.6 Å². The molecular weight excluding hydrogens is 190 g/mol. The van der Waals surface area contributed by atoms with Gasteiger partial charge in [-0.25, -0.2) is 0 Å². The number of hydrogen-bond acceptors (Lipinski definition) is 2. The van der Waals surface area contributed by atoms with Crippen molar-refractivity contribution >= 4 is 11.7 Å². The lowest BCUT2D eigenvalue weighted by atomic mass is 10.1. The minimum atomic E-state index is -0.302. The number of amides is 1. The van der Waals surface area contributed by atoms with Crippen LogP contribution in [-0.2, 0) is 9.59 Å². The van der Waals surface area contributed by atoms with Gasteiger partial charge in [-0.15, -0.1) is 0 Å². The predicted molar refractivity (Wildman–Crippen MR) is 57.2 cm³/mol. The molecule has 2 saturated carbocycles. The third kappa shape index (κ3) is 1.92. The molecule has 0 saturated heterocycles. The van der Waals surface area contributed by atoms with Gasteiger partial charge in [-0.1, -0.05) is 13.3 Å². The molecule has 0 aromatic rings. The number of hydrogen-bond donors (Lipinski definition) is 1. The summed E-state index contributed by atoms with van der Waals surface area (Å²) in [6.45, 7) is 3.61. The molecule has 0 bridgehead atoms. The van der Waals surface area contributed by atoms with Gasteiger partial charge in [0.25, 0.3) is 0 Å². The second-order valence-corrected chi connectivity index (χ2v) is 4.83. The zero-order valence-corrected chi connectivity index (χ0v) is 9.45. The van der Waals surface area contributed by atoms with Gasteiger partial charge >= 0.3 is 0 Å². The highest BCUT2D eigenvalue weighted by molar-refractivity contribution is 5.90. The molecule has 84 valence electrons.